The number of amides is 1. The van der Waals surface area contributed by atoms with Gasteiger partial charge in [-0.1, -0.05) is 63.6 Å². The monoisotopic (exact) mass is 463 g/mol. The highest BCUT2D eigenvalue weighted by atomic mass is 79.9. The summed E-state index contributed by atoms with van der Waals surface area (Å²) in [5, 5.41) is 13.5. The summed E-state index contributed by atoms with van der Waals surface area (Å²) in [5.41, 5.74) is 4.18. The molecule has 6 nitrogen and oxygen atoms in total. The number of hydrazone groups is 1. The van der Waals surface area contributed by atoms with Crippen molar-refractivity contribution in [2.75, 3.05) is 5.75 Å². The van der Waals surface area contributed by atoms with Gasteiger partial charge in [0.1, 0.15) is 0 Å². The van der Waals surface area contributed by atoms with Crippen LogP contribution >= 0.6 is 39.3 Å². The molecular weight excluding hydrogens is 450 g/mol. The van der Waals surface area contributed by atoms with Gasteiger partial charge in [-0.05, 0) is 29.8 Å². The minimum atomic E-state index is -0.228. The predicted octanol–water partition coefficient (Wildman–Crippen LogP) is 4.14. The molecular formula is C18H15BrClN5OS. The van der Waals surface area contributed by atoms with Crippen LogP contribution in [0.5, 0.6) is 0 Å². The summed E-state index contributed by atoms with van der Waals surface area (Å²) in [5.74, 6) is 0.592. The summed E-state index contributed by atoms with van der Waals surface area (Å²) in [6.45, 7) is 0. The van der Waals surface area contributed by atoms with Crippen LogP contribution in [-0.4, -0.2) is 32.6 Å². The molecule has 1 amide bonds. The van der Waals surface area contributed by atoms with Gasteiger partial charge >= 0.3 is 0 Å². The number of thioether (sulfide) groups is 1. The second-order valence-corrected chi connectivity index (χ2v) is 7.75. The lowest BCUT2D eigenvalue weighted by Gasteiger charge is -2.05. The molecule has 1 aromatic heterocycles. The molecule has 0 aliphatic heterocycles. The largest absolute Gasteiger partial charge is 0.305 e. The van der Waals surface area contributed by atoms with E-state index in [-0.39, 0.29) is 11.7 Å². The molecule has 1 heterocycles. The van der Waals surface area contributed by atoms with E-state index in [0.29, 0.717) is 16.0 Å². The van der Waals surface area contributed by atoms with Crippen LogP contribution in [0.25, 0.3) is 11.4 Å². The lowest BCUT2D eigenvalue weighted by Crippen LogP contribution is -2.19. The lowest BCUT2D eigenvalue weighted by atomic mass is 10.2. The first-order chi connectivity index (χ1) is 13.0. The third kappa shape index (κ3) is 5.18. The summed E-state index contributed by atoms with van der Waals surface area (Å²) in [6.07, 6.45) is 1.59. The third-order valence-corrected chi connectivity index (χ3v) is 5.38. The van der Waals surface area contributed by atoms with Crippen molar-refractivity contribution in [1.82, 2.24) is 20.2 Å². The molecule has 1 N–H and O–H groups in total. The molecule has 9 heteroatoms. The van der Waals surface area contributed by atoms with Gasteiger partial charge in [-0.15, -0.1) is 10.2 Å². The van der Waals surface area contributed by atoms with Crippen molar-refractivity contribution in [3.8, 4) is 11.4 Å². The maximum atomic E-state index is 12.0. The Kier molecular flexibility index (Phi) is 6.65. The lowest BCUT2D eigenvalue weighted by molar-refractivity contribution is -0.118. The van der Waals surface area contributed by atoms with E-state index in [4.69, 9.17) is 11.6 Å². The topological polar surface area (TPSA) is 72.2 Å². The first-order valence-electron chi connectivity index (χ1n) is 7.89. The van der Waals surface area contributed by atoms with E-state index >= 15 is 0 Å². The quantitative estimate of drug-likeness (QED) is 0.338. The zero-order chi connectivity index (χ0) is 19.2. The highest BCUT2D eigenvalue weighted by Crippen LogP contribution is 2.28. The van der Waals surface area contributed by atoms with E-state index in [0.717, 1.165) is 15.6 Å². The molecule has 0 saturated carbocycles. The zero-order valence-electron chi connectivity index (χ0n) is 14.3. The Hall–Kier alpha value is -2.16. The number of rotatable bonds is 6. The molecule has 0 atom stereocenters. The number of aromatic nitrogens is 3. The maximum Gasteiger partial charge on any atom is 0.250 e. The zero-order valence-corrected chi connectivity index (χ0v) is 17.4. The number of hydrogen-bond donors (Lipinski definition) is 1. The molecule has 0 radical (unpaired) electrons. The number of nitrogens with one attached hydrogen (secondary N) is 1. The molecule has 0 aliphatic carbocycles. The van der Waals surface area contributed by atoms with E-state index in [1.165, 1.54) is 11.8 Å². The average molecular weight is 465 g/mol. The fourth-order valence-electron chi connectivity index (χ4n) is 2.25. The Balaban J connectivity index is 1.57. The average Bonchev–Trinajstić information content (AvgIpc) is 3.01. The molecule has 3 rings (SSSR count). The molecule has 0 saturated heterocycles. The number of carbonyl (C=O) groups excluding carboxylic acids is 1. The smallest absolute Gasteiger partial charge is 0.250 e. The Morgan fingerprint density at radius 1 is 1.30 bits per heavy atom. The van der Waals surface area contributed by atoms with E-state index in [1.54, 1.807) is 12.3 Å². The maximum absolute atomic E-state index is 12.0. The first kappa shape index (κ1) is 19.6. The van der Waals surface area contributed by atoms with Crippen molar-refractivity contribution in [2.45, 2.75) is 5.16 Å². The summed E-state index contributed by atoms with van der Waals surface area (Å²) in [7, 11) is 1.84. The number of halogens is 2. The van der Waals surface area contributed by atoms with Gasteiger partial charge in [0.2, 0.25) is 0 Å². The molecule has 0 fully saturated rings. The SMILES string of the molecule is Cn1c(SCC(=O)N/N=C/c2cccc(Br)c2)nnc1-c1ccccc1Cl. The second-order valence-electron chi connectivity index (χ2n) is 5.48. The van der Waals surface area contributed by atoms with Crippen LogP contribution in [0.2, 0.25) is 5.02 Å². The van der Waals surface area contributed by atoms with Crippen LogP contribution in [0.15, 0.2) is 63.3 Å². The van der Waals surface area contributed by atoms with Crippen LogP contribution in [0, 0.1) is 0 Å². The van der Waals surface area contributed by atoms with Gasteiger partial charge in [0.05, 0.1) is 17.0 Å². The van der Waals surface area contributed by atoms with Crippen molar-refractivity contribution in [3.63, 3.8) is 0 Å². The van der Waals surface area contributed by atoms with Gasteiger partial charge in [0, 0.05) is 17.1 Å². The number of carbonyl (C=O) groups is 1. The molecule has 0 bridgehead atoms. The van der Waals surface area contributed by atoms with E-state index in [2.05, 4.69) is 36.7 Å². The van der Waals surface area contributed by atoms with E-state index in [1.807, 2.05) is 54.1 Å². The molecule has 138 valence electrons. The van der Waals surface area contributed by atoms with Gasteiger partial charge < -0.3 is 4.57 Å². The number of hydrogen-bond acceptors (Lipinski definition) is 5. The molecule has 3 aromatic rings. The normalized spacial score (nSPS) is 11.1. The summed E-state index contributed by atoms with van der Waals surface area (Å²) >= 11 is 10.9. The Labute approximate surface area is 174 Å². The van der Waals surface area contributed by atoms with Gasteiger partial charge in [-0.25, -0.2) is 5.43 Å². The molecule has 2 aromatic carbocycles. The van der Waals surface area contributed by atoms with Crippen LogP contribution in [0.1, 0.15) is 5.56 Å². The van der Waals surface area contributed by atoms with Gasteiger partial charge in [0.15, 0.2) is 11.0 Å². The van der Waals surface area contributed by atoms with Crippen LogP contribution in [-0.2, 0) is 11.8 Å². The standard InChI is InChI=1S/C18H15BrClN5OS/c1-25-17(14-7-2-3-8-15(14)20)23-24-18(25)27-11-16(26)22-21-10-12-5-4-6-13(19)9-12/h2-10H,11H2,1H3,(H,22,26)/b21-10+. The molecule has 0 aliphatic rings. The Bertz CT molecular complexity index is 991. The van der Waals surface area contributed by atoms with Crippen LogP contribution < -0.4 is 5.43 Å². The third-order valence-electron chi connectivity index (χ3n) is 3.53. The fraction of sp³-hybridized carbons (Fsp3) is 0.111. The Morgan fingerprint density at radius 3 is 2.89 bits per heavy atom. The van der Waals surface area contributed by atoms with Gasteiger partial charge in [0.25, 0.3) is 5.91 Å². The molecule has 27 heavy (non-hydrogen) atoms. The minimum Gasteiger partial charge on any atom is -0.305 e. The number of nitrogens with zero attached hydrogens (tertiary/aromatic N) is 4. The highest BCUT2D eigenvalue weighted by Gasteiger charge is 2.14. The predicted molar refractivity (Wildman–Crippen MR) is 112 cm³/mol. The van der Waals surface area contributed by atoms with Crippen LogP contribution in [0.3, 0.4) is 0 Å². The van der Waals surface area contributed by atoms with Crippen molar-refractivity contribution >= 4 is 51.4 Å². The van der Waals surface area contributed by atoms with Gasteiger partial charge in [-0.2, -0.15) is 5.10 Å². The van der Waals surface area contributed by atoms with Crippen LogP contribution in [0.4, 0.5) is 0 Å². The minimum absolute atomic E-state index is 0.171. The summed E-state index contributed by atoms with van der Waals surface area (Å²) in [6, 6.07) is 15.0. The Morgan fingerprint density at radius 2 is 2.11 bits per heavy atom. The number of benzene rings is 2. The summed E-state index contributed by atoms with van der Waals surface area (Å²) in [4.78, 5) is 12.0. The van der Waals surface area contributed by atoms with E-state index in [9.17, 15) is 4.79 Å². The fourth-order valence-corrected chi connectivity index (χ4v) is 3.59. The summed E-state index contributed by atoms with van der Waals surface area (Å²) < 4.78 is 2.76. The first-order valence-corrected chi connectivity index (χ1v) is 10.0. The van der Waals surface area contributed by atoms with Crippen molar-refractivity contribution in [3.05, 3.63) is 63.6 Å². The van der Waals surface area contributed by atoms with Crippen molar-refractivity contribution in [1.29, 1.82) is 0 Å². The van der Waals surface area contributed by atoms with Gasteiger partial charge in [-0.3, -0.25) is 4.79 Å². The van der Waals surface area contributed by atoms with E-state index < -0.39 is 0 Å². The second kappa shape index (κ2) is 9.16. The highest BCUT2D eigenvalue weighted by molar-refractivity contribution is 9.10. The van der Waals surface area contributed by atoms with Crippen molar-refractivity contribution in [2.24, 2.45) is 12.1 Å². The van der Waals surface area contributed by atoms with Crippen molar-refractivity contribution < 1.29 is 4.79 Å². The molecule has 0 spiro atoms. The molecule has 0 unspecified atom stereocenters.